The average Bonchev–Trinajstić information content (AvgIpc) is 2.29. The predicted molar refractivity (Wildman–Crippen MR) is 70.9 cm³/mol. The van der Waals surface area contributed by atoms with Crippen molar-refractivity contribution >= 4 is 15.2 Å². The number of hydrogen-bond acceptors (Lipinski definition) is 6. The highest BCUT2D eigenvalue weighted by atomic mass is 31.2. The molecule has 0 saturated carbocycles. The highest BCUT2D eigenvalue weighted by Gasteiger charge is 2.43. The summed E-state index contributed by atoms with van der Waals surface area (Å²) in [5.41, 5.74) is 0. The molecular formula is C10H22O6P2. The lowest BCUT2D eigenvalue weighted by Crippen LogP contribution is -2.03. The maximum atomic E-state index is 12.4. The largest absolute Gasteiger partial charge is 0.368 e. The van der Waals surface area contributed by atoms with Gasteiger partial charge in [0.05, 0.1) is 26.4 Å². The van der Waals surface area contributed by atoms with E-state index in [1.807, 2.05) is 0 Å². The molecule has 108 valence electrons. The molecule has 0 aromatic rings. The summed E-state index contributed by atoms with van der Waals surface area (Å²) in [6.07, 6.45) is 0. The molecule has 0 aliphatic rings. The van der Waals surface area contributed by atoms with Gasteiger partial charge in [-0.3, -0.25) is 9.13 Å². The molecule has 0 atom stereocenters. The smallest absolute Gasteiger partial charge is 0.305 e. The van der Waals surface area contributed by atoms with Crippen molar-refractivity contribution in [2.75, 3.05) is 26.4 Å². The summed E-state index contributed by atoms with van der Waals surface area (Å²) in [6.45, 7) is 10.8. The Morgan fingerprint density at radius 3 is 1.17 bits per heavy atom. The molecular weight excluding hydrogens is 278 g/mol. The first-order valence-electron chi connectivity index (χ1n) is 5.88. The molecule has 0 fully saturated rings. The molecule has 0 heterocycles. The summed E-state index contributed by atoms with van der Waals surface area (Å²) < 4.78 is 45.2. The van der Waals surface area contributed by atoms with Crippen LogP contribution in [-0.4, -0.2) is 26.4 Å². The molecule has 18 heavy (non-hydrogen) atoms. The Kier molecular flexibility index (Phi) is 8.28. The van der Waals surface area contributed by atoms with Crippen LogP contribution in [0.1, 0.15) is 27.7 Å². The normalized spacial score (nSPS) is 12.7. The summed E-state index contributed by atoms with van der Waals surface area (Å²) in [5.74, 6) is 0. The Bertz CT molecular complexity index is 302. The molecule has 0 amide bonds. The minimum absolute atomic E-state index is 0.147. The maximum Gasteiger partial charge on any atom is 0.368 e. The zero-order chi connectivity index (χ0) is 14.2. The average molecular weight is 300 g/mol. The molecule has 6 nitrogen and oxygen atoms in total. The molecule has 0 bridgehead atoms. The molecule has 0 aliphatic carbocycles. The van der Waals surface area contributed by atoms with E-state index in [1.54, 1.807) is 27.7 Å². The van der Waals surface area contributed by atoms with E-state index >= 15 is 0 Å². The van der Waals surface area contributed by atoms with Gasteiger partial charge in [0, 0.05) is 0 Å². The van der Waals surface area contributed by atoms with Crippen LogP contribution in [0.2, 0.25) is 0 Å². The van der Waals surface area contributed by atoms with Crippen LogP contribution in [0.3, 0.4) is 0 Å². The zero-order valence-electron chi connectivity index (χ0n) is 11.4. The fourth-order valence-corrected chi connectivity index (χ4v) is 5.20. The second-order valence-corrected chi connectivity index (χ2v) is 7.54. The Morgan fingerprint density at radius 2 is 1.00 bits per heavy atom. The fraction of sp³-hybridized carbons (Fsp3) is 0.800. The van der Waals surface area contributed by atoms with Crippen molar-refractivity contribution in [3.8, 4) is 0 Å². The Balaban J connectivity index is 5.25. The van der Waals surface area contributed by atoms with Crippen molar-refractivity contribution in [3.05, 3.63) is 11.6 Å². The van der Waals surface area contributed by atoms with E-state index in [4.69, 9.17) is 18.1 Å². The molecule has 0 radical (unpaired) electrons. The molecule has 8 heteroatoms. The van der Waals surface area contributed by atoms with Gasteiger partial charge >= 0.3 is 15.2 Å². The summed E-state index contributed by atoms with van der Waals surface area (Å²) in [5, 5.41) is -0.248. The third kappa shape index (κ3) is 4.61. The number of rotatable bonds is 10. The van der Waals surface area contributed by atoms with Crippen molar-refractivity contribution in [2.45, 2.75) is 27.7 Å². The van der Waals surface area contributed by atoms with Crippen LogP contribution in [0.4, 0.5) is 0 Å². The van der Waals surface area contributed by atoms with E-state index in [-0.39, 0.29) is 31.5 Å². The van der Waals surface area contributed by atoms with Crippen LogP contribution >= 0.6 is 15.2 Å². The lowest BCUT2D eigenvalue weighted by Gasteiger charge is -2.24. The van der Waals surface area contributed by atoms with Crippen molar-refractivity contribution in [1.29, 1.82) is 0 Å². The second kappa shape index (κ2) is 8.26. The van der Waals surface area contributed by atoms with Gasteiger partial charge in [0.2, 0.25) is 0 Å². The van der Waals surface area contributed by atoms with Gasteiger partial charge in [0.1, 0.15) is 5.06 Å². The first-order valence-corrected chi connectivity index (χ1v) is 8.96. The summed E-state index contributed by atoms with van der Waals surface area (Å²) in [4.78, 5) is 0. The fourth-order valence-electron chi connectivity index (χ4n) is 1.20. The van der Waals surface area contributed by atoms with Gasteiger partial charge in [-0.2, -0.15) is 0 Å². The minimum atomic E-state index is -3.70. The SMILES string of the molecule is C=C(P(=O)(OCC)OCC)P(=O)(OCC)OCC. The van der Waals surface area contributed by atoms with Crippen LogP contribution in [0.15, 0.2) is 11.6 Å². The van der Waals surface area contributed by atoms with Gasteiger partial charge < -0.3 is 18.1 Å². The molecule has 0 unspecified atom stereocenters. The lowest BCUT2D eigenvalue weighted by atomic mass is 10.9. The zero-order valence-corrected chi connectivity index (χ0v) is 13.2. The topological polar surface area (TPSA) is 71.1 Å². The van der Waals surface area contributed by atoms with Gasteiger partial charge in [0.25, 0.3) is 0 Å². The standard InChI is InChI=1S/C10H22O6P2/c1-6-13-17(11,14-7-2)10(5)18(12,15-8-3)16-9-4/h5-9H2,1-4H3. The van der Waals surface area contributed by atoms with Crippen LogP contribution < -0.4 is 0 Å². The van der Waals surface area contributed by atoms with Gasteiger partial charge in [-0.1, -0.05) is 6.58 Å². The van der Waals surface area contributed by atoms with Gasteiger partial charge in [-0.25, -0.2) is 0 Å². The van der Waals surface area contributed by atoms with E-state index in [1.165, 1.54) is 0 Å². The first-order chi connectivity index (χ1) is 8.40. The van der Waals surface area contributed by atoms with Gasteiger partial charge in [-0.05, 0) is 27.7 Å². The third-order valence-corrected chi connectivity index (χ3v) is 6.96. The number of hydrogen-bond donors (Lipinski definition) is 0. The molecule has 0 spiro atoms. The maximum absolute atomic E-state index is 12.4. The second-order valence-electron chi connectivity index (χ2n) is 3.08. The lowest BCUT2D eigenvalue weighted by molar-refractivity contribution is 0.214. The van der Waals surface area contributed by atoms with E-state index in [9.17, 15) is 9.13 Å². The van der Waals surface area contributed by atoms with Crippen molar-refractivity contribution in [3.63, 3.8) is 0 Å². The van der Waals surface area contributed by atoms with Gasteiger partial charge in [0.15, 0.2) is 0 Å². The minimum Gasteiger partial charge on any atom is -0.305 e. The highest BCUT2D eigenvalue weighted by Crippen LogP contribution is 2.73. The molecule has 0 aromatic heterocycles. The molecule has 0 rings (SSSR count). The van der Waals surface area contributed by atoms with Crippen LogP contribution in [0.25, 0.3) is 0 Å². The van der Waals surface area contributed by atoms with E-state index in [0.29, 0.717) is 0 Å². The van der Waals surface area contributed by atoms with Gasteiger partial charge in [-0.15, -0.1) is 0 Å². The van der Waals surface area contributed by atoms with E-state index in [0.717, 1.165) is 0 Å². The van der Waals surface area contributed by atoms with Crippen molar-refractivity contribution in [2.24, 2.45) is 0 Å². The molecule has 0 aromatic carbocycles. The Labute approximate surface area is 109 Å². The first kappa shape index (κ1) is 18.0. The summed E-state index contributed by atoms with van der Waals surface area (Å²) >= 11 is 0. The Hall–Kier alpha value is 0.0400. The third-order valence-electron chi connectivity index (χ3n) is 1.83. The van der Waals surface area contributed by atoms with E-state index in [2.05, 4.69) is 6.58 Å². The monoisotopic (exact) mass is 300 g/mol. The van der Waals surface area contributed by atoms with E-state index < -0.39 is 15.2 Å². The summed E-state index contributed by atoms with van der Waals surface area (Å²) in [7, 11) is -7.40. The Morgan fingerprint density at radius 1 is 0.778 bits per heavy atom. The summed E-state index contributed by atoms with van der Waals surface area (Å²) in [6, 6.07) is 0. The predicted octanol–water partition coefficient (Wildman–Crippen LogP) is 3.99. The van der Waals surface area contributed by atoms with Crippen molar-refractivity contribution in [1.82, 2.24) is 0 Å². The molecule has 0 N–H and O–H groups in total. The molecule has 0 aliphatic heterocycles. The quantitative estimate of drug-likeness (QED) is 0.568. The van der Waals surface area contributed by atoms with Crippen LogP contribution in [0.5, 0.6) is 0 Å². The van der Waals surface area contributed by atoms with Crippen molar-refractivity contribution < 1.29 is 27.2 Å². The van der Waals surface area contributed by atoms with Crippen LogP contribution in [0, 0.1) is 0 Å². The highest BCUT2D eigenvalue weighted by molar-refractivity contribution is 7.78. The molecule has 0 saturated heterocycles. The van der Waals surface area contributed by atoms with Crippen LogP contribution in [-0.2, 0) is 27.2 Å².